The lowest BCUT2D eigenvalue weighted by Crippen LogP contribution is -2.41. The maximum atomic E-state index is 13.6. The molecule has 0 heterocycles. The molecule has 146 valence electrons. The summed E-state index contributed by atoms with van der Waals surface area (Å²) < 4.78 is 13.6. The molecule has 2 aromatic carbocycles. The first-order chi connectivity index (χ1) is 13.5. The molecule has 1 aliphatic rings. The number of anilines is 1. The van der Waals surface area contributed by atoms with Crippen LogP contribution >= 0.6 is 0 Å². The first kappa shape index (κ1) is 19.5. The third-order valence-corrected chi connectivity index (χ3v) is 4.80. The van der Waals surface area contributed by atoms with Crippen molar-refractivity contribution in [2.24, 2.45) is 5.92 Å². The molecule has 0 aliphatic heterocycles. The van der Waals surface area contributed by atoms with E-state index >= 15 is 0 Å². The molecule has 1 saturated carbocycles. The first-order valence-corrected chi connectivity index (χ1v) is 9.31. The van der Waals surface area contributed by atoms with E-state index in [-0.39, 0.29) is 17.4 Å². The highest BCUT2D eigenvalue weighted by molar-refractivity contribution is 5.99. The van der Waals surface area contributed by atoms with Crippen LogP contribution in [-0.2, 0) is 4.79 Å². The predicted molar refractivity (Wildman–Crippen MR) is 103 cm³/mol. The number of benzene rings is 2. The Morgan fingerprint density at radius 1 is 0.821 bits per heavy atom. The van der Waals surface area contributed by atoms with Gasteiger partial charge in [-0.15, -0.1) is 0 Å². The van der Waals surface area contributed by atoms with Gasteiger partial charge in [0.25, 0.3) is 11.8 Å². The molecule has 7 heteroatoms. The molecule has 28 heavy (non-hydrogen) atoms. The summed E-state index contributed by atoms with van der Waals surface area (Å²) in [7, 11) is 0. The summed E-state index contributed by atoms with van der Waals surface area (Å²) in [5.41, 5.74) is 5.17. The van der Waals surface area contributed by atoms with E-state index < -0.39 is 17.6 Å². The number of amides is 3. The summed E-state index contributed by atoms with van der Waals surface area (Å²) in [6.07, 6.45) is 5.16. The Balaban J connectivity index is 1.52. The zero-order valence-corrected chi connectivity index (χ0v) is 15.3. The number of nitrogens with one attached hydrogen (secondary N) is 3. The van der Waals surface area contributed by atoms with E-state index in [0.29, 0.717) is 11.3 Å². The van der Waals surface area contributed by atoms with Crippen molar-refractivity contribution in [3.8, 4) is 0 Å². The maximum Gasteiger partial charge on any atom is 0.272 e. The molecule has 0 bridgehead atoms. The first-order valence-electron chi connectivity index (χ1n) is 9.31. The van der Waals surface area contributed by atoms with E-state index in [1.807, 2.05) is 0 Å². The van der Waals surface area contributed by atoms with Crippen LogP contribution in [0.5, 0.6) is 0 Å². The SMILES string of the molecule is O=C(NNC(=O)c1ccccc1F)c1ccc(NC(=O)C2CCCCC2)cc1. The van der Waals surface area contributed by atoms with Gasteiger partial charge in [0.05, 0.1) is 5.56 Å². The zero-order chi connectivity index (χ0) is 19.9. The third-order valence-electron chi connectivity index (χ3n) is 4.80. The molecular weight excluding hydrogens is 361 g/mol. The van der Waals surface area contributed by atoms with Crippen LogP contribution in [0.4, 0.5) is 10.1 Å². The lowest BCUT2D eigenvalue weighted by atomic mass is 9.88. The van der Waals surface area contributed by atoms with Crippen molar-refractivity contribution in [2.75, 3.05) is 5.32 Å². The Morgan fingerprint density at radius 3 is 2.14 bits per heavy atom. The van der Waals surface area contributed by atoms with Crippen molar-refractivity contribution >= 4 is 23.4 Å². The molecule has 0 atom stereocenters. The fourth-order valence-electron chi connectivity index (χ4n) is 3.21. The quantitative estimate of drug-likeness (QED) is 0.707. The van der Waals surface area contributed by atoms with Gasteiger partial charge in [-0.05, 0) is 49.2 Å². The average Bonchev–Trinajstić information content (AvgIpc) is 2.73. The normalized spacial score (nSPS) is 14.2. The topological polar surface area (TPSA) is 87.3 Å². The molecule has 0 spiro atoms. The van der Waals surface area contributed by atoms with Crippen LogP contribution in [0.2, 0.25) is 0 Å². The monoisotopic (exact) mass is 383 g/mol. The Bertz CT molecular complexity index is 861. The molecule has 0 saturated heterocycles. The second kappa shape index (κ2) is 9.12. The number of halogens is 1. The van der Waals surface area contributed by atoms with E-state index in [9.17, 15) is 18.8 Å². The van der Waals surface area contributed by atoms with Crippen molar-refractivity contribution in [1.29, 1.82) is 0 Å². The Kier molecular flexibility index (Phi) is 6.37. The molecule has 0 radical (unpaired) electrons. The van der Waals surface area contributed by atoms with E-state index in [2.05, 4.69) is 16.2 Å². The molecule has 0 unspecified atom stereocenters. The summed E-state index contributed by atoms with van der Waals surface area (Å²) >= 11 is 0. The summed E-state index contributed by atoms with van der Waals surface area (Å²) in [6.45, 7) is 0. The molecule has 3 amide bonds. The lowest BCUT2D eigenvalue weighted by molar-refractivity contribution is -0.120. The van der Waals surface area contributed by atoms with Gasteiger partial charge in [-0.1, -0.05) is 31.4 Å². The summed E-state index contributed by atoms with van der Waals surface area (Å²) in [4.78, 5) is 36.3. The van der Waals surface area contributed by atoms with Crippen LogP contribution in [0.3, 0.4) is 0 Å². The maximum absolute atomic E-state index is 13.6. The third kappa shape index (κ3) is 4.94. The van der Waals surface area contributed by atoms with E-state index in [4.69, 9.17) is 0 Å². The number of carbonyl (C=O) groups excluding carboxylic acids is 3. The van der Waals surface area contributed by atoms with E-state index in [1.54, 1.807) is 24.3 Å². The highest BCUT2D eigenvalue weighted by Gasteiger charge is 2.21. The van der Waals surface area contributed by atoms with Crippen LogP contribution < -0.4 is 16.2 Å². The van der Waals surface area contributed by atoms with Crippen molar-refractivity contribution in [1.82, 2.24) is 10.9 Å². The molecular formula is C21H22FN3O3. The van der Waals surface area contributed by atoms with Gasteiger partial charge in [0.2, 0.25) is 5.91 Å². The van der Waals surface area contributed by atoms with Gasteiger partial charge in [0, 0.05) is 17.2 Å². The summed E-state index contributed by atoms with van der Waals surface area (Å²) in [6, 6.07) is 11.8. The fraction of sp³-hybridized carbons (Fsp3) is 0.286. The average molecular weight is 383 g/mol. The van der Waals surface area contributed by atoms with Crippen molar-refractivity contribution in [2.45, 2.75) is 32.1 Å². The highest BCUT2D eigenvalue weighted by atomic mass is 19.1. The number of rotatable bonds is 4. The molecule has 6 nitrogen and oxygen atoms in total. The van der Waals surface area contributed by atoms with Crippen LogP contribution in [0.15, 0.2) is 48.5 Å². The van der Waals surface area contributed by atoms with Crippen LogP contribution in [-0.4, -0.2) is 17.7 Å². The van der Waals surface area contributed by atoms with Gasteiger partial charge < -0.3 is 5.32 Å². The fourth-order valence-corrected chi connectivity index (χ4v) is 3.21. The van der Waals surface area contributed by atoms with Gasteiger partial charge in [-0.3, -0.25) is 25.2 Å². The minimum Gasteiger partial charge on any atom is -0.326 e. The van der Waals surface area contributed by atoms with Gasteiger partial charge in [-0.2, -0.15) is 0 Å². The van der Waals surface area contributed by atoms with Crippen LogP contribution in [0.25, 0.3) is 0 Å². The largest absolute Gasteiger partial charge is 0.326 e. The van der Waals surface area contributed by atoms with Gasteiger partial charge >= 0.3 is 0 Å². The summed E-state index contributed by atoms with van der Waals surface area (Å²) in [5, 5.41) is 2.87. The van der Waals surface area contributed by atoms with Crippen molar-refractivity contribution < 1.29 is 18.8 Å². The number of hydrogen-bond acceptors (Lipinski definition) is 3. The number of hydrazine groups is 1. The smallest absolute Gasteiger partial charge is 0.272 e. The molecule has 3 N–H and O–H groups in total. The van der Waals surface area contributed by atoms with E-state index in [1.165, 1.54) is 24.6 Å². The predicted octanol–water partition coefficient (Wildman–Crippen LogP) is 3.42. The van der Waals surface area contributed by atoms with Crippen molar-refractivity contribution in [3.63, 3.8) is 0 Å². The molecule has 3 rings (SSSR count). The molecule has 2 aromatic rings. The molecule has 1 aliphatic carbocycles. The number of hydrogen-bond donors (Lipinski definition) is 3. The second-order valence-electron chi connectivity index (χ2n) is 6.79. The van der Waals surface area contributed by atoms with Crippen LogP contribution in [0, 0.1) is 11.7 Å². The number of carbonyl (C=O) groups is 3. The minimum atomic E-state index is -0.747. The second-order valence-corrected chi connectivity index (χ2v) is 6.79. The lowest BCUT2D eigenvalue weighted by Gasteiger charge is -2.20. The minimum absolute atomic E-state index is 0.00838. The summed E-state index contributed by atoms with van der Waals surface area (Å²) in [5.74, 6) is -1.91. The standard InChI is InChI=1S/C21H22FN3O3/c22-18-9-5-4-8-17(18)21(28)25-24-20(27)15-10-12-16(13-11-15)23-19(26)14-6-2-1-3-7-14/h4-5,8-14H,1-3,6-7H2,(H,23,26)(H,24,27)(H,25,28). The van der Waals surface area contributed by atoms with Crippen molar-refractivity contribution in [3.05, 3.63) is 65.5 Å². The Morgan fingerprint density at radius 2 is 1.46 bits per heavy atom. The molecule has 1 fully saturated rings. The van der Waals surface area contributed by atoms with E-state index in [0.717, 1.165) is 31.7 Å². The zero-order valence-electron chi connectivity index (χ0n) is 15.3. The Labute approximate surface area is 162 Å². The van der Waals surface area contributed by atoms with Gasteiger partial charge in [0.1, 0.15) is 5.82 Å². The Hall–Kier alpha value is -3.22. The van der Waals surface area contributed by atoms with Crippen LogP contribution in [0.1, 0.15) is 52.8 Å². The highest BCUT2D eigenvalue weighted by Crippen LogP contribution is 2.25. The van der Waals surface area contributed by atoms with Gasteiger partial charge in [-0.25, -0.2) is 4.39 Å². The molecule has 0 aromatic heterocycles. The van der Waals surface area contributed by atoms with Gasteiger partial charge in [0.15, 0.2) is 0 Å².